The van der Waals surface area contributed by atoms with Gasteiger partial charge in [-0.2, -0.15) is 4.98 Å². The fraction of sp³-hybridized carbons (Fsp3) is 0.289. The van der Waals surface area contributed by atoms with E-state index in [1.54, 1.807) is 38.6 Å². The smallest absolute Gasteiger partial charge is 0.350 e. The first-order valence-electron chi connectivity index (χ1n) is 16.3. The molecule has 1 fully saturated rings. The van der Waals surface area contributed by atoms with Gasteiger partial charge in [0.25, 0.3) is 0 Å². The van der Waals surface area contributed by atoms with Crippen LogP contribution in [0.25, 0.3) is 10.9 Å². The van der Waals surface area contributed by atoms with Gasteiger partial charge in [0.05, 0.1) is 30.8 Å². The number of halogens is 2. The standard InChI is InChI=1S/C38H37ClFN5O6/c1-38(2)50-34-24(15-32(35(34)51-38)45-14-13-33(41)43-37(45)46)21-49-27-16-30(40)28-18-29(39)36(42-31(28)17-27)44(19-22-5-9-25(47-3)10-6-22)20-23-7-11-26(48-4)12-8-23/h5-18,32,34-35H,19-21H2,1-4H3,(H2,41,43,46)/t32-,34-,35+/m1/s1. The average Bonchev–Trinajstić information content (AvgIpc) is 3.60. The Kier molecular flexibility index (Phi) is 9.32. The number of fused-ring (bicyclic) bond motifs is 2. The second-order valence-electron chi connectivity index (χ2n) is 12.9. The number of ether oxygens (including phenoxy) is 5. The molecule has 51 heavy (non-hydrogen) atoms. The first-order chi connectivity index (χ1) is 24.5. The van der Waals surface area contributed by atoms with Crippen molar-refractivity contribution < 1.29 is 28.1 Å². The summed E-state index contributed by atoms with van der Waals surface area (Å²) in [7, 11) is 3.25. The SMILES string of the molecule is COc1ccc(CN(Cc2ccc(OC)cc2)c2nc3cc(OCC4=C[C@@H](n5ccc(N)nc5=O)[C@@H]5OC(C)(C)O[C@H]45)cc(F)c3cc2Cl)cc1. The highest BCUT2D eigenvalue weighted by Crippen LogP contribution is 2.43. The van der Waals surface area contributed by atoms with E-state index in [-0.39, 0.29) is 23.6 Å². The van der Waals surface area contributed by atoms with E-state index in [1.807, 2.05) is 73.4 Å². The van der Waals surface area contributed by atoms with Gasteiger partial charge in [-0.05, 0) is 66.9 Å². The number of rotatable bonds is 11. The van der Waals surface area contributed by atoms with Crippen molar-refractivity contribution in [2.45, 2.75) is 51.0 Å². The van der Waals surface area contributed by atoms with Gasteiger partial charge in [-0.3, -0.25) is 4.57 Å². The average molecular weight is 714 g/mol. The van der Waals surface area contributed by atoms with E-state index in [9.17, 15) is 4.79 Å². The Morgan fingerprint density at radius 1 is 0.922 bits per heavy atom. The van der Waals surface area contributed by atoms with Gasteiger partial charge >= 0.3 is 5.69 Å². The van der Waals surface area contributed by atoms with Gasteiger partial charge in [-0.1, -0.05) is 41.9 Å². The van der Waals surface area contributed by atoms with Crippen LogP contribution in [-0.4, -0.2) is 53.4 Å². The van der Waals surface area contributed by atoms with E-state index >= 15 is 4.39 Å². The molecule has 1 saturated heterocycles. The van der Waals surface area contributed by atoms with Crippen molar-refractivity contribution in [2.24, 2.45) is 0 Å². The summed E-state index contributed by atoms with van der Waals surface area (Å²) in [5.41, 5.74) is 8.34. The van der Waals surface area contributed by atoms with Gasteiger partial charge in [0.15, 0.2) is 5.79 Å². The monoisotopic (exact) mass is 713 g/mol. The first kappa shape index (κ1) is 34.3. The van der Waals surface area contributed by atoms with Crippen LogP contribution in [0.2, 0.25) is 5.02 Å². The van der Waals surface area contributed by atoms with Gasteiger partial charge < -0.3 is 34.3 Å². The maximum Gasteiger partial charge on any atom is 0.350 e. The minimum Gasteiger partial charge on any atom is -0.497 e. The van der Waals surface area contributed by atoms with E-state index in [2.05, 4.69) is 4.98 Å². The van der Waals surface area contributed by atoms with Crippen LogP contribution in [0.5, 0.6) is 17.2 Å². The predicted molar refractivity (Wildman–Crippen MR) is 192 cm³/mol. The molecule has 13 heteroatoms. The minimum atomic E-state index is -0.893. The zero-order valence-electron chi connectivity index (χ0n) is 28.5. The molecule has 0 unspecified atom stereocenters. The Hall–Kier alpha value is -5.17. The molecule has 3 heterocycles. The number of hydrogen-bond acceptors (Lipinski definition) is 10. The van der Waals surface area contributed by atoms with Crippen LogP contribution in [0, 0.1) is 5.82 Å². The van der Waals surface area contributed by atoms with E-state index in [4.69, 9.17) is 46.0 Å². The molecule has 1 aliphatic carbocycles. The maximum absolute atomic E-state index is 15.6. The highest BCUT2D eigenvalue weighted by Gasteiger charge is 2.51. The van der Waals surface area contributed by atoms with Gasteiger partial charge in [-0.15, -0.1) is 0 Å². The molecule has 2 N–H and O–H groups in total. The summed E-state index contributed by atoms with van der Waals surface area (Å²) in [5, 5.41) is 0.563. The summed E-state index contributed by atoms with van der Waals surface area (Å²) < 4.78 is 46.4. The van der Waals surface area contributed by atoms with Crippen molar-refractivity contribution in [3.05, 3.63) is 123 Å². The van der Waals surface area contributed by atoms with E-state index in [1.165, 1.54) is 10.6 Å². The molecule has 2 aromatic heterocycles. The molecular formula is C38H37ClFN5O6. The fourth-order valence-corrected chi connectivity index (χ4v) is 6.78. The third kappa shape index (κ3) is 7.21. The molecule has 3 atom stereocenters. The summed E-state index contributed by atoms with van der Waals surface area (Å²) in [5.74, 6) is 0.950. The lowest BCUT2D eigenvalue weighted by Crippen LogP contribution is -2.35. The number of methoxy groups -OCH3 is 2. The van der Waals surface area contributed by atoms with Crippen molar-refractivity contribution in [3.8, 4) is 17.2 Å². The van der Waals surface area contributed by atoms with Gasteiger partial charge in [-0.25, -0.2) is 14.2 Å². The minimum absolute atomic E-state index is 0.0563. The Morgan fingerprint density at radius 3 is 2.18 bits per heavy atom. The lowest BCUT2D eigenvalue weighted by molar-refractivity contribution is -0.148. The van der Waals surface area contributed by atoms with E-state index < -0.39 is 35.5 Å². The number of nitrogens with zero attached hydrogens (tertiary/aromatic N) is 4. The predicted octanol–water partition coefficient (Wildman–Crippen LogP) is 6.47. The summed E-state index contributed by atoms with van der Waals surface area (Å²) in [4.78, 5) is 23.5. The summed E-state index contributed by atoms with van der Waals surface area (Å²) >= 11 is 6.83. The first-order valence-corrected chi connectivity index (χ1v) is 16.7. The highest BCUT2D eigenvalue weighted by molar-refractivity contribution is 6.33. The quantitative estimate of drug-likeness (QED) is 0.152. The van der Waals surface area contributed by atoms with E-state index in [0.717, 1.165) is 28.2 Å². The second kappa shape index (κ2) is 13.9. The van der Waals surface area contributed by atoms with Crippen LogP contribution in [0.4, 0.5) is 16.0 Å². The highest BCUT2D eigenvalue weighted by atomic mass is 35.5. The topological polar surface area (TPSA) is 123 Å². The maximum atomic E-state index is 15.6. The molecular weight excluding hydrogens is 677 g/mol. The molecule has 11 nitrogen and oxygen atoms in total. The molecule has 2 aliphatic rings. The number of anilines is 2. The summed E-state index contributed by atoms with van der Waals surface area (Å²) in [6.45, 7) is 4.61. The van der Waals surface area contributed by atoms with E-state index in [0.29, 0.717) is 29.4 Å². The Morgan fingerprint density at radius 2 is 1.57 bits per heavy atom. The zero-order valence-corrected chi connectivity index (χ0v) is 29.3. The number of nitrogens with two attached hydrogens (primary N) is 1. The number of pyridine rings is 1. The lowest BCUT2D eigenvalue weighted by Gasteiger charge is -2.26. The molecule has 0 radical (unpaired) electrons. The normalized spacial score (nSPS) is 19.1. The fourth-order valence-electron chi connectivity index (χ4n) is 6.51. The van der Waals surface area contributed by atoms with Gasteiger partial charge in [0.2, 0.25) is 0 Å². The zero-order chi connectivity index (χ0) is 35.9. The van der Waals surface area contributed by atoms with Crippen LogP contribution < -0.4 is 30.5 Å². The number of hydrogen-bond donors (Lipinski definition) is 1. The second-order valence-corrected chi connectivity index (χ2v) is 13.3. The number of nitrogen functional groups attached to an aromatic ring is 1. The molecule has 0 bridgehead atoms. The van der Waals surface area contributed by atoms with Crippen molar-refractivity contribution in [1.29, 1.82) is 0 Å². The molecule has 264 valence electrons. The van der Waals surface area contributed by atoms with Crippen LogP contribution in [0.3, 0.4) is 0 Å². The molecule has 7 rings (SSSR count). The number of benzene rings is 3. The Bertz CT molecular complexity index is 2110. The summed E-state index contributed by atoms with van der Waals surface area (Å²) in [6, 6.07) is 21.1. The Labute approximate surface area is 298 Å². The van der Waals surface area contributed by atoms with Crippen LogP contribution in [0.15, 0.2) is 95.4 Å². The third-order valence-electron chi connectivity index (χ3n) is 8.95. The van der Waals surface area contributed by atoms with Crippen molar-refractivity contribution >= 4 is 34.1 Å². The molecule has 3 aromatic carbocycles. The lowest BCUT2D eigenvalue weighted by atomic mass is 10.1. The Balaban J connectivity index is 1.19. The largest absolute Gasteiger partial charge is 0.497 e. The molecule has 0 spiro atoms. The van der Waals surface area contributed by atoms with Crippen LogP contribution in [0.1, 0.15) is 31.0 Å². The van der Waals surface area contributed by atoms with Crippen LogP contribution in [-0.2, 0) is 22.6 Å². The molecule has 5 aromatic rings. The summed E-state index contributed by atoms with van der Waals surface area (Å²) in [6.07, 6.45) is 2.46. The molecule has 0 amide bonds. The van der Waals surface area contributed by atoms with Crippen molar-refractivity contribution in [1.82, 2.24) is 14.5 Å². The van der Waals surface area contributed by atoms with Gasteiger partial charge in [0.1, 0.15) is 53.5 Å². The van der Waals surface area contributed by atoms with Crippen molar-refractivity contribution in [3.63, 3.8) is 0 Å². The molecule has 1 aliphatic heterocycles. The van der Waals surface area contributed by atoms with Gasteiger partial charge in [0, 0.05) is 36.8 Å². The molecule has 0 saturated carbocycles. The number of aromatic nitrogens is 3. The van der Waals surface area contributed by atoms with Crippen LogP contribution >= 0.6 is 11.6 Å². The van der Waals surface area contributed by atoms with Crippen molar-refractivity contribution in [2.75, 3.05) is 31.5 Å². The third-order valence-corrected chi connectivity index (χ3v) is 9.23.